The molecule has 0 spiro atoms. The van der Waals surface area contributed by atoms with Gasteiger partial charge in [-0.1, -0.05) is 42.1 Å². The molecule has 1 aliphatic heterocycles. The quantitative estimate of drug-likeness (QED) is 0.839. The average Bonchev–Trinajstić information content (AvgIpc) is 2.65. The van der Waals surface area contributed by atoms with Crippen LogP contribution in [0.3, 0.4) is 0 Å². The van der Waals surface area contributed by atoms with Crippen molar-refractivity contribution in [1.82, 2.24) is 5.32 Å². The minimum atomic E-state index is 0.249. The number of rotatable bonds is 5. The normalized spacial score (nSPS) is 23.4. The van der Waals surface area contributed by atoms with Crippen LogP contribution in [0.1, 0.15) is 51.0 Å². The van der Waals surface area contributed by atoms with Gasteiger partial charge in [0.25, 0.3) is 0 Å². The van der Waals surface area contributed by atoms with Crippen molar-refractivity contribution in [3.8, 4) is 5.75 Å². The van der Waals surface area contributed by atoms with Crippen LogP contribution in [0.5, 0.6) is 5.75 Å². The van der Waals surface area contributed by atoms with Gasteiger partial charge in [-0.2, -0.15) is 0 Å². The van der Waals surface area contributed by atoms with Crippen LogP contribution in [-0.4, -0.2) is 19.2 Å². The molecule has 0 aliphatic carbocycles. The molecule has 1 unspecified atom stereocenters. The lowest BCUT2D eigenvalue weighted by Crippen LogP contribution is -2.46. The first-order valence-corrected chi connectivity index (χ1v) is 8.56. The molecule has 1 aromatic carbocycles. The summed E-state index contributed by atoms with van der Waals surface area (Å²) in [6.45, 7) is 3.43. The Morgan fingerprint density at radius 3 is 2.90 bits per heavy atom. The second kappa shape index (κ2) is 7.46. The average molecular weight is 340 g/mol. The van der Waals surface area contributed by atoms with Crippen LogP contribution < -0.4 is 10.1 Å². The maximum Gasteiger partial charge on any atom is 0.122 e. The van der Waals surface area contributed by atoms with E-state index in [0.29, 0.717) is 0 Å². The first-order valence-electron chi connectivity index (χ1n) is 7.76. The van der Waals surface area contributed by atoms with E-state index in [1.54, 1.807) is 7.11 Å². The number of hydrogen-bond donors (Lipinski definition) is 1. The van der Waals surface area contributed by atoms with E-state index in [-0.39, 0.29) is 5.54 Å². The van der Waals surface area contributed by atoms with Crippen LogP contribution in [0.4, 0.5) is 0 Å². The highest BCUT2D eigenvalue weighted by molar-refractivity contribution is 9.10. The molecule has 2 rings (SSSR count). The van der Waals surface area contributed by atoms with Gasteiger partial charge in [-0.3, -0.25) is 0 Å². The largest absolute Gasteiger partial charge is 0.496 e. The van der Waals surface area contributed by atoms with Crippen molar-refractivity contribution in [3.63, 3.8) is 0 Å². The van der Waals surface area contributed by atoms with Crippen molar-refractivity contribution in [1.29, 1.82) is 0 Å². The third-order valence-corrected chi connectivity index (χ3v) is 4.83. The van der Waals surface area contributed by atoms with Gasteiger partial charge >= 0.3 is 0 Å². The van der Waals surface area contributed by atoms with Gasteiger partial charge in [-0.15, -0.1) is 0 Å². The van der Waals surface area contributed by atoms with E-state index in [4.69, 9.17) is 4.74 Å². The highest BCUT2D eigenvalue weighted by Gasteiger charge is 2.30. The third kappa shape index (κ3) is 3.98. The fourth-order valence-electron chi connectivity index (χ4n) is 3.39. The zero-order chi connectivity index (χ0) is 14.4. The summed E-state index contributed by atoms with van der Waals surface area (Å²) >= 11 is 3.59. The Balaban J connectivity index is 2.24. The van der Waals surface area contributed by atoms with Crippen molar-refractivity contribution in [2.45, 2.75) is 57.4 Å². The molecule has 1 atom stereocenters. The van der Waals surface area contributed by atoms with Gasteiger partial charge in [-0.05, 0) is 56.0 Å². The van der Waals surface area contributed by atoms with Crippen molar-refractivity contribution in [2.75, 3.05) is 13.7 Å². The molecule has 20 heavy (non-hydrogen) atoms. The summed E-state index contributed by atoms with van der Waals surface area (Å²) in [5, 5.41) is 3.84. The molecule has 112 valence electrons. The lowest BCUT2D eigenvalue weighted by atomic mass is 9.82. The summed E-state index contributed by atoms with van der Waals surface area (Å²) < 4.78 is 6.68. The first kappa shape index (κ1) is 15.8. The molecule has 0 amide bonds. The standard InChI is InChI=1S/C17H26BrNO/c1-3-9-17(10-5-4-6-11-19-17)13-14-12-15(18)7-8-16(14)20-2/h7-8,12,19H,3-6,9-11,13H2,1-2H3. The summed E-state index contributed by atoms with van der Waals surface area (Å²) in [6, 6.07) is 6.33. The molecule has 2 nitrogen and oxygen atoms in total. The highest BCUT2D eigenvalue weighted by Crippen LogP contribution is 2.32. The molecule has 1 aromatic rings. The second-order valence-corrected chi connectivity index (χ2v) is 6.82. The van der Waals surface area contributed by atoms with Crippen LogP contribution in [0.15, 0.2) is 22.7 Å². The van der Waals surface area contributed by atoms with E-state index in [9.17, 15) is 0 Å². The maximum absolute atomic E-state index is 5.55. The predicted molar refractivity (Wildman–Crippen MR) is 88.5 cm³/mol. The van der Waals surface area contributed by atoms with E-state index in [1.165, 1.54) is 44.1 Å². The van der Waals surface area contributed by atoms with Crippen molar-refractivity contribution < 1.29 is 4.74 Å². The van der Waals surface area contributed by atoms with Crippen LogP contribution in [0.25, 0.3) is 0 Å². The van der Waals surface area contributed by atoms with Gasteiger partial charge in [0, 0.05) is 10.0 Å². The number of benzene rings is 1. The van der Waals surface area contributed by atoms with Crippen LogP contribution >= 0.6 is 15.9 Å². The number of methoxy groups -OCH3 is 1. The number of nitrogens with one attached hydrogen (secondary N) is 1. The summed E-state index contributed by atoms with van der Waals surface area (Å²) in [5.74, 6) is 1.01. The van der Waals surface area contributed by atoms with E-state index < -0.39 is 0 Å². The van der Waals surface area contributed by atoms with Crippen molar-refractivity contribution >= 4 is 15.9 Å². The Kier molecular flexibility index (Phi) is 5.91. The number of ether oxygens (including phenoxy) is 1. The molecule has 1 N–H and O–H groups in total. The maximum atomic E-state index is 5.55. The fraction of sp³-hybridized carbons (Fsp3) is 0.647. The van der Waals surface area contributed by atoms with Gasteiger partial charge in [0.15, 0.2) is 0 Å². The van der Waals surface area contributed by atoms with Crippen molar-refractivity contribution in [3.05, 3.63) is 28.2 Å². The minimum absolute atomic E-state index is 0.249. The van der Waals surface area contributed by atoms with Gasteiger partial charge < -0.3 is 10.1 Å². The van der Waals surface area contributed by atoms with Crippen LogP contribution in [0, 0.1) is 0 Å². The van der Waals surface area contributed by atoms with E-state index in [1.807, 2.05) is 0 Å². The Hall–Kier alpha value is -0.540. The third-order valence-electron chi connectivity index (χ3n) is 4.33. The van der Waals surface area contributed by atoms with Crippen molar-refractivity contribution in [2.24, 2.45) is 0 Å². The first-order chi connectivity index (χ1) is 9.69. The van der Waals surface area contributed by atoms with E-state index >= 15 is 0 Å². The molecule has 1 aliphatic rings. The smallest absolute Gasteiger partial charge is 0.122 e. The topological polar surface area (TPSA) is 21.3 Å². The van der Waals surface area contributed by atoms with Crippen LogP contribution in [-0.2, 0) is 6.42 Å². The summed E-state index contributed by atoms with van der Waals surface area (Å²) in [5.41, 5.74) is 1.56. The molecule has 3 heteroatoms. The molecular formula is C17H26BrNO. The van der Waals surface area contributed by atoms with E-state index in [0.717, 1.165) is 23.2 Å². The van der Waals surface area contributed by atoms with Gasteiger partial charge in [0.1, 0.15) is 5.75 Å². The Morgan fingerprint density at radius 2 is 2.15 bits per heavy atom. The van der Waals surface area contributed by atoms with Crippen LogP contribution in [0.2, 0.25) is 0 Å². The monoisotopic (exact) mass is 339 g/mol. The molecule has 1 heterocycles. The zero-order valence-corrected chi connectivity index (χ0v) is 14.3. The molecule has 0 bridgehead atoms. The molecule has 0 saturated carbocycles. The molecule has 0 aromatic heterocycles. The number of halogens is 1. The Morgan fingerprint density at radius 1 is 1.30 bits per heavy atom. The fourth-order valence-corrected chi connectivity index (χ4v) is 3.80. The molecule has 0 radical (unpaired) electrons. The zero-order valence-electron chi connectivity index (χ0n) is 12.7. The predicted octanol–water partition coefficient (Wildman–Crippen LogP) is 4.70. The van der Waals surface area contributed by atoms with Gasteiger partial charge in [-0.25, -0.2) is 0 Å². The van der Waals surface area contributed by atoms with E-state index in [2.05, 4.69) is 46.4 Å². The molecule has 1 fully saturated rings. The molecule has 1 saturated heterocycles. The minimum Gasteiger partial charge on any atom is -0.496 e. The lowest BCUT2D eigenvalue weighted by Gasteiger charge is -2.34. The SMILES string of the molecule is CCCC1(Cc2cc(Br)ccc2OC)CCCCCN1. The second-order valence-electron chi connectivity index (χ2n) is 5.90. The Bertz CT molecular complexity index is 425. The van der Waals surface area contributed by atoms with Gasteiger partial charge in [0.05, 0.1) is 7.11 Å². The number of hydrogen-bond acceptors (Lipinski definition) is 2. The highest BCUT2D eigenvalue weighted by atomic mass is 79.9. The summed E-state index contributed by atoms with van der Waals surface area (Å²) in [7, 11) is 1.76. The summed E-state index contributed by atoms with van der Waals surface area (Å²) in [6.07, 6.45) is 8.80. The molecular weight excluding hydrogens is 314 g/mol. The Labute approximate surface area is 131 Å². The summed E-state index contributed by atoms with van der Waals surface area (Å²) in [4.78, 5) is 0. The lowest BCUT2D eigenvalue weighted by molar-refractivity contribution is 0.284. The van der Waals surface area contributed by atoms with Gasteiger partial charge in [0.2, 0.25) is 0 Å².